The lowest BCUT2D eigenvalue weighted by atomic mass is 10.2. The zero-order valence-corrected chi connectivity index (χ0v) is 15.2. The van der Waals surface area contributed by atoms with Gasteiger partial charge in [-0.1, -0.05) is 41.4 Å². The Morgan fingerprint density at radius 1 is 1.17 bits per heavy atom. The van der Waals surface area contributed by atoms with E-state index < -0.39 is 11.9 Å². The number of thioether (sulfide) groups is 1. The summed E-state index contributed by atoms with van der Waals surface area (Å²) in [5, 5.41) is 3.64. The normalized spacial score (nSPS) is 10.3. The van der Waals surface area contributed by atoms with Gasteiger partial charge in [0.1, 0.15) is 0 Å². The number of amides is 1. The van der Waals surface area contributed by atoms with Crippen molar-refractivity contribution >= 4 is 46.8 Å². The number of rotatable bonds is 6. The maximum atomic E-state index is 12.0. The number of ether oxygens (including phenoxy) is 1. The van der Waals surface area contributed by atoms with Crippen molar-refractivity contribution in [3.05, 3.63) is 63.6 Å². The van der Waals surface area contributed by atoms with Crippen molar-refractivity contribution in [3.63, 3.8) is 0 Å². The van der Waals surface area contributed by atoms with Gasteiger partial charge in [-0.3, -0.25) is 4.79 Å². The lowest BCUT2D eigenvalue weighted by molar-refractivity contribution is -0.124. The zero-order valence-electron chi connectivity index (χ0n) is 12.8. The van der Waals surface area contributed by atoms with Gasteiger partial charge in [0.25, 0.3) is 5.91 Å². The molecular formula is C17H15Cl2NO3S. The molecule has 2 rings (SSSR count). The van der Waals surface area contributed by atoms with Gasteiger partial charge in [0.2, 0.25) is 0 Å². The SMILES string of the molecule is CSc1ccccc1C(=O)OCC(=O)NCc1ccc(Cl)cc1Cl. The largest absolute Gasteiger partial charge is 0.452 e. The molecule has 0 heterocycles. The number of carbonyl (C=O) groups is 2. The molecule has 7 heteroatoms. The fourth-order valence-corrected chi connectivity index (χ4v) is 2.99. The molecule has 0 unspecified atom stereocenters. The third-order valence-corrected chi connectivity index (χ3v) is 4.54. The average Bonchev–Trinajstić information content (AvgIpc) is 2.58. The van der Waals surface area contributed by atoms with Crippen LogP contribution >= 0.6 is 35.0 Å². The number of hydrogen-bond donors (Lipinski definition) is 1. The molecule has 4 nitrogen and oxygen atoms in total. The lowest BCUT2D eigenvalue weighted by Gasteiger charge is -2.09. The minimum atomic E-state index is -0.528. The summed E-state index contributed by atoms with van der Waals surface area (Å²) in [6, 6.07) is 12.1. The van der Waals surface area contributed by atoms with E-state index in [1.54, 1.807) is 30.3 Å². The number of esters is 1. The van der Waals surface area contributed by atoms with Gasteiger partial charge in [-0.05, 0) is 36.1 Å². The Bertz CT molecular complexity index is 752. The second-order valence-electron chi connectivity index (χ2n) is 4.79. The van der Waals surface area contributed by atoms with Crippen molar-refractivity contribution < 1.29 is 14.3 Å². The summed E-state index contributed by atoms with van der Waals surface area (Å²) in [5.74, 6) is -0.935. The average molecular weight is 384 g/mol. The molecule has 0 aliphatic carbocycles. The highest BCUT2D eigenvalue weighted by atomic mass is 35.5. The van der Waals surface area contributed by atoms with Crippen LogP contribution in [0.2, 0.25) is 10.0 Å². The Balaban J connectivity index is 1.85. The van der Waals surface area contributed by atoms with Gasteiger partial charge in [-0.2, -0.15) is 0 Å². The first-order valence-electron chi connectivity index (χ1n) is 7.02. The van der Waals surface area contributed by atoms with Crippen molar-refractivity contribution in [3.8, 4) is 0 Å². The summed E-state index contributed by atoms with van der Waals surface area (Å²) in [7, 11) is 0. The first kappa shape index (κ1) is 18.6. The van der Waals surface area contributed by atoms with E-state index in [1.165, 1.54) is 11.8 Å². The first-order chi connectivity index (χ1) is 11.5. The van der Waals surface area contributed by atoms with Gasteiger partial charge in [0, 0.05) is 21.5 Å². The summed E-state index contributed by atoms with van der Waals surface area (Å²) in [4.78, 5) is 24.7. The summed E-state index contributed by atoms with van der Waals surface area (Å²) >= 11 is 13.3. The van der Waals surface area contributed by atoms with E-state index in [-0.39, 0.29) is 13.2 Å². The van der Waals surface area contributed by atoms with E-state index in [0.29, 0.717) is 15.6 Å². The molecule has 0 atom stereocenters. The van der Waals surface area contributed by atoms with Gasteiger partial charge in [0.15, 0.2) is 6.61 Å². The fourth-order valence-electron chi connectivity index (χ4n) is 1.93. The standard InChI is InChI=1S/C17H15Cl2NO3S/c1-24-15-5-3-2-4-13(15)17(22)23-10-16(21)20-9-11-6-7-12(18)8-14(11)19/h2-8H,9-10H2,1H3,(H,20,21). The second kappa shape index (κ2) is 8.97. The topological polar surface area (TPSA) is 55.4 Å². The Kier molecular flexibility index (Phi) is 6.97. The van der Waals surface area contributed by atoms with E-state index in [1.807, 2.05) is 18.4 Å². The highest BCUT2D eigenvalue weighted by Crippen LogP contribution is 2.21. The van der Waals surface area contributed by atoms with E-state index >= 15 is 0 Å². The Hall–Kier alpha value is -1.69. The molecule has 0 bridgehead atoms. The maximum Gasteiger partial charge on any atom is 0.339 e. The molecule has 2 aromatic carbocycles. The van der Waals surface area contributed by atoms with Crippen molar-refractivity contribution in [1.29, 1.82) is 0 Å². The van der Waals surface area contributed by atoms with E-state index in [0.717, 1.165) is 10.5 Å². The molecule has 1 amide bonds. The predicted molar refractivity (Wildman–Crippen MR) is 96.8 cm³/mol. The molecular weight excluding hydrogens is 369 g/mol. The van der Waals surface area contributed by atoms with Crippen molar-refractivity contribution in [2.24, 2.45) is 0 Å². The van der Waals surface area contributed by atoms with E-state index in [4.69, 9.17) is 27.9 Å². The Labute approximate surface area is 154 Å². The summed E-state index contributed by atoms with van der Waals surface area (Å²) < 4.78 is 5.05. The minimum absolute atomic E-state index is 0.230. The summed E-state index contributed by atoms with van der Waals surface area (Å²) in [5.41, 5.74) is 1.17. The molecule has 0 aliphatic rings. The van der Waals surface area contributed by atoms with Crippen LogP contribution in [0.1, 0.15) is 15.9 Å². The molecule has 24 heavy (non-hydrogen) atoms. The van der Waals surface area contributed by atoms with Crippen LogP contribution < -0.4 is 5.32 Å². The molecule has 0 radical (unpaired) electrons. The molecule has 0 spiro atoms. The van der Waals surface area contributed by atoms with Gasteiger partial charge < -0.3 is 10.1 Å². The van der Waals surface area contributed by atoms with Crippen LogP contribution in [0.15, 0.2) is 47.4 Å². The van der Waals surface area contributed by atoms with Crippen LogP contribution in [0.25, 0.3) is 0 Å². The number of halogens is 2. The molecule has 0 aromatic heterocycles. The first-order valence-corrected chi connectivity index (χ1v) is 9.00. The third kappa shape index (κ3) is 5.16. The summed E-state index contributed by atoms with van der Waals surface area (Å²) in [6.07, 6.45) is 1.87. The van der Waals surface area contributed by atoms with Crippen LogP contribution in [0.5, 0.6) is 0 Å². The fraction of sp³-hybridized carbons (Fsp3) is 0.176. The molecule has 126 valence electrons. The lowest BCUT2D eigenvalue weighted by Crippen LogP contribution is -2.28. The molecule has 0 saturated heterocycles. The van der Waals surface area contributed by atoms with E-state index in [9.17, 15) is 9.59 Å². The Morgan fingerprint density at radius 3 is 2.62 bits per heavy atom. The van der Waals surface area contributed by atoms with Crippen molar-refractivity contribution in [2.45, 2.75) is 11.4 Å². The number of nitrogens with one attached hydrogen (secondary N) is 1. The van der Waals surface area contributed by atoms with Gasteiger partial charge in [0.05, 0.1) is 5.56 Å². The second-order valence-corrected chi connectivity index (χ2v) is 6.48. The number of carbonyl (C=O) groups excluding carboxylic acids is 2. The monoisotopic (exact) mass is 383 g/mol. The van der Waals surface area contributed by atoms with Crippen molar-refractivity contribution in [1.82, 2.24) is 5.32 Å². The quantitative estimate of drug-likeness (QED) is 0.600. The maximum absolute atomic E-state index is 12.0. The predicted octanol–water partition coefficient (Wildman–Crippen LogP) is 4.19. The summed E-state index contributed by atoms with van der Waals surface area (Å²) in [6.45, 7) is -0.124. The third-order valence-electron chi connectivity index (χ3n) is 3.15. The molecule has 1 N–H and O–H groups in total. The molecule has 0 aliphatic heterocycles. The van der Waals surface area contributed by atoms with Crippen LogP contribution in [-0.2, 0) is 16.1 Å². The van der Waals surface area contributed by atoms with Gasteiger partial charge in [-0.25, -0.2) is 4.79 Å². The van der Waals surface area contributed by atoms with Crippen molar-refractivity contribution in [2.75, 3.05) is 12.9 Å². The van der Waals surface area contributed by atoms with E-state index in [2.05, 4.69) is 5.32 Å². The highest BCUT2D eigenvalue weighted by Gasteiger charge is 2.13. The van der Waals surface area contributed by atoms with Crippen LogP contribution in [0.3, 0.4) is 0 Å². The van der Waals surface area contributed by atoms with Crippen LogP contribution in [-0.4, -0.2) is 24.7 Å². The molecule has 0 saturated carbocycles. The number of hydrogen-bond acceptors (Lipinski definition) is 4. The Morgan fingerprint density at radius 2 is 1.92 bits per heavy atom. The van der Waals surface area contributed by atoms with Crippen LogP contribution in [0, 0.1) is 0 Å². The van der Waals surface area contributed by atoms with Gasteiger partial charge >= 0.3 is 5.97 Å². The molecule has 2 aromatic rings. The smallest absolute Gasteiger partial charge is 0.339 e. The highest BCUT2D eigenvalue weighted by molar-refractivity contribution is 7.98. The molecule has 0 fully saturated rings. The van der Waals surface area contributed by atoms with Crippen LogP contribution in [0.4, 0.5) is 0 Å². The number of benzene rings is 2. The zero-order chi connectivity index (χ0) is 17.5. The van der Waals surface area contributed by atoms with Gasteiger partial charge in [-0.15, -0.1) is 11.8 Å². The minimum Gasteiger partial charge on any atom is -0.452 e.